The smallest absolute Gasteiger partial charge is 0.227 e. The normalized spacial score (nSPS) is 17.9. The summed E-state index contributed by atoms with van der Waals surface area (Å²) in [5.74, 6) is 3.04. The molecule has 5 rings (SSSR count). The SMILES string of the molecule is COc1cc2nc(N3CCN(C)CC3)nc(NC3CCN(Cc4ccc(C)cc4)CC3)c2cc1OC. The summed E-state index contributed by atoms with van der Waals surface area (Å²) in [7, 11) is 5.49. The van der Waals surface area contributed by atoms with E-state index in [1.165, 1.54) is 11.1 Å². The zero-order valence-corrected chi connectivity index (χ0v) is 22.0. The average molecular weight is 491 g/mol. The van der Waals surface area contributed by atoms with Gasteiger partial charge in [0.1, 0.15) is 5.82 Å². The number of benzene rings is 2. The van der Waals surface area contributed by atoms with Crippen molar-refractivity contribution < 1.29 is 9.47 Å². The lowest BCUT2D eigenvalue weighted by molar-refractivity contribution is 0.211. The molecule has 0 bridgehead atoms. The Labute approximate surface area is 214 Å². The van der Waals surface area contributed by atoms with Crippen molar-refractivity contribution in [3.05, 3.63) is 47.5 Å². The molecule has 0 atom stereocenters. The summed E-state index contributed by atoms with van der Waals surface area (Å²) in [6.07, 6.45) is 2.16. The minimum atomic E-state index is 0.366. The third-order valence-corrected chi connectivity index (χ3v) is 7.43. The first-order chi connectivity index (χ1) is 17.5. The van der Waals surface area contributed by atoms with Crippen LogP contribution in [-0.4, -0.2) is 86.3 Å². The maximum atomic E-state index is 5.59. The Morgan fingerprint density at radius 2 is 1.56 bits per heavy atom. The Morgan fingerprint density at radius 1 is 0.889 bits per heavy atom. The third kappa shape index (κ3) is 5.50. The molecule has 0 saturated carbocycles. The van der Waals surface area contributed by atoms with E-state index in [9.17, 15) is 0 Å². The molecule has 36 heavy (non-hydrogen) atoms. The van der Waals surface area contributed by atoms with E-state index in [1.807, 2.05) is 12.1 Å². The standard InChI is InChI=1S/C28H38N6O2/c1-20-5-7-21(8-6-20)19-33-11-9-22(10-12-33)29-27-23-17-25(35-3)26(36-4)18-24(23)30-28(31-27)34-15-13-32(2)14-16-34/h5-8,17-18,22H,9-16,19H2,1-4H3,(H,29,30,31). The maximum absolute atomic E-state index is 5.59. The Balaban J connectivity index is 1.35. The van der Waals surface area contributed by atoms with E-state index >= 15 is 0 Å². The second kappa shape index (κ2) is 10.9. The highest BCUT2D eigenvalue weighted by atomic mass is 16.5. The van der Waals surface area contributed by atoms with Crippen molar-refractivity contribution in [3.63, 3.8) is 0 Å². The van der Waals surface area contributed by atoms with Gasteiger partial charge in [-0.3, -0.25) is 4.90 Å². The molecule has 0 spiro atoms. The molecule has 2 saturated heterocycles. The number of hydrogen-bond acceptors (Lipinski definition) is 8. The number of nitrogens with one attached hydrogen (secondary N) is 1. The lowest BCUT2D eigenvalue weighted by Gasteiger charge is -2.34. The second-order valence-electron chi connectivity index (χ2n) is 10.1. The minimum Gasteiger partial charge on any atom is -0.493 e. The fourth-order valence-corrected chi connectivity index (χ4v) is 5.08. The van der Waals surface area contributed by atoms with Crippen LogP contribution in [0, 0.1) is 6.92 Å². The van der Waals surface area contributed by atoms with Crippen LogP contribution in [-0.2, 0) is 6.54 Å². The highest BCUT2D eigenvalue weighted by Crippen LogP contribution is 2.35. The number of nitrogens with zero attached hydrogens (tertiary/aromatic N) is 5. The highest BCUT2D eigenvalue weighted by Gasteiger charge is 2.23. The number of piperidine rings is 1. The van der Waals surface area contributed by atoms with Crippen LogP contribution in [0.1, 0.15) is 24.0 Å². The number of likely N-dealkylation sites (N-methyl/N-ethyl adjacent to an activating group) is 1. The van der Waals surface area contributed by atoms with Gasteiger partial charge in [-0.25, -0.2) is 4.98 Å². The Hall–Kier alpha value is -3.10. The molecule has 3 heterocycles. The molecule has 192 valence electrons. The number of rotatable bonds is 7. The average Bonchev–Trinajstić information content (AvgIpc) is 2.90. The summed E-state index contributed by atoms with van der Waals surface area (Å²) in [6.45, 7) is 9.14. The van der Waals surface area contributed by atoms with Gasteiger partial charge in [0, 0.05) is 63.3 Å². The van der Waals surface area contributed by atoms with Gasteiger partial charge in [-0.05, 0) is 38.4 Å². The van der Waals surface area contributed by atoms with Crippen LogP contribution in [0.25, 0.3) is 10.9 Å². The quantitative estimate of drug-likeness (QED) is 0.537. The molecule has 8 nitrogen and oxygen atoms in total. The van der Waals surface area contributed by atoms with E-state index in [0.29, 0.717) is 17.5 Å². The lowest BCUT2D eigenvalue weighted by Crippen LogP contribution is -2.45. The van der Waals surface area contributed by atoms with Gasteiger partial charge in [0.25, 0.3) is 0 Å². The van der Waals surface area contributed by atoms with Gasteiger partial charge in [0.05, 0.1) is 19.7 Å². The molecule has 1 N–H and O–H groups in total. The molecular formula is C28H38N6O2. The summed E-state index contributed by atoms with van der Waals surface area (Å²) in [5.41, 5.74) is 3.56. The number of aryl methyl sites for hydroxylation is 1. The van der Waals surface area contributed by atoms with Crippen molar-refractivity contribution in [2.24, 2.45) is 0 Å². The number of piperazine rings is 1. The van der Waals surface area contributed by atoms with Gasteiger partial charge < -0.3 is 24.6 Å². The molecule has 0 unspecified atom stereocenters. The molecule has 0 aliphatic carbocycles. The van der Waals surface area contributed by atoms with E-state index in [0.717, 1.165) is 81.3 Å². The molecular weight excluding hydrogens is 452 g/mol. The van der Waals surface area contributed by atoms with Gasteiger partial charge in [0.15, 0.2) is 11.5 Å². The molecule has 1 aromatic heterocycles. The first kappa shape index (κ1) is 24.6. The number of methoxy groups -OCH3 is 2. The van der Waals surface area contributed by atoms with Crippen molar-refractivity contribution in [3.8, 4) is 11.5 Å². The summed E-state index contributed by atoms with van der Waals surface area (Å²) in [5, 5.41) is 4.75. The monoisotopic (exact) mass is 490 g/mol. The van der Waals surface area contributed by atoms with Crippen molar-refractivity contribution in [2.75, 3.05) is 70.8 Å². The van der Waals surface area contributed by atoms with Crippen LogP contribution in [0.2, 0.25) is 0 Å². The summed E-state index contributed by atoms with van der Waals surface area (Å²) >= 11 is 0. The molecule has 3 aromatic rings. The second-order valence-corrected chi connectivity index (χ2v) is 10.1. The van der Waals surface area contributed by atoms with E-state index in [2.05, 4.69) is 58.3 Å². The number of fused-ring (bicyclic) bond motifs is 1. The summed E-state index contributed by atoms with van der Waals surface area (Å²) < 4.78 is 11.2. The Kier molecular flexibility index (Phi) is 7.43. The van der Waals surface area contributed by atoms with Crippen LogP contribution in [0.3, 0.4) is 0 Å². The van der Waals surface area contributed by atoms with E-state index in [1.54, 1.807) is 14.2 Å². The zero-order valence-electron chi connectivity index (χ0n) is 22.0. The number of hydrogen-bond donors (Lipinski definition) is 1. The van der Waals surface area contributed by atoms with Crippen molar-refractivity contribution in [2.45, 2.75) is 32.4 Å². The van der Waals surface area contributed by atoms with Gasteiger partial charge in [-0.2, -0.15) is 4.98 Å². The van der Waals surface area contributed by atoms with Crippen molar-refractivity contribution in [1.82, 2.24) is 19.8 Å². The van der Waals surface area contributed by atoms with Crippen molar-refractivity contribution >= 4 is 22.7 Å². The van der Waals surface area contributed by atoms with Gasteiger partial charge in [-0.15, -0.1) is 0 Å². The molecule has 2 aliphatic rings. The van der Waals surface area contributed by atoms with Gasteiger partial charge in [-0.1, -0.05) is 29.8 Å². The largest absolute Gasteiger partial charge is 0.493 e. The molecule has 2 aromatic carbocycles. The van der Waals surface area contributed by atoms with Crippen molar-refractivity contribution in [1.29, 1.82) is 0 Å². The molecule has 2 fully saturated rings. The van der Waals surface area contributed by atoms with Crippen LogP contribution < -0.4 is 19.7 Å². The molecule has 0 amide bonds. The highest BCUT2D eigenvalue weighted by molar-refractivity contribution is 5.93. The van der Waals surface area contributed by atoms with Crippen LogP contribution >= 0.6 is 0 Å². The summed E-state index contributed by atoms with van der Waals surface area (Å²) in [6, 6.07) is 13.2. The van der Waals surface area contributed by atoms with Gasteiger partial charge in [0.2, 0.25) is 5.95 Å². The Morgan fingerprint density at radius 3 is 2.22 bits per heavy atom. The first-order valence-electron chi connectivity index (χ1n) is 12.9. The number of aromatic nitrogens is 2. The third-order valence-electron chi connectivity index (χ3n) is 7.43. The zero-order chi connectivity index (χ0) is 25.1. The van der Waals surface area contributed by atoms with E-state index in [-0.39, 0.29) is 0 Å². The topological polar surface area (TPSA) is 66.0 Å². The van der Waals surface area contributed by atoms with E-state index < -0.39 is 0 Å². The van der Waals surface area contributed by atoms with Crippen LogP contribution in [0.5, 0.6) is 11.5 Å². The van der Waals surface area contributed by atoms with E-state index in [4.69, 9.17) is 19.4 Å². The maximum Gasteiger partial charge on any atom is 0.227 e. The predicted octanol–water partition coefficient (Wildman–Crippen LogP) is 3.78. The van der Waals surface area contributed by atoms with Crippen LogP contribution in [0.4, 0.5) is 11.8 Å². The lowest BCUT2D eigenvalue weighted by atomic mass is 10.0. The molecule has 2 aliphatic heterocycles. The number of ether oxygens (including phenoxy) is 2. The number of anilines is 2. The molecule has 0 radical (unpaired) electrons. The fraction of sp³-hybridized carbons (Fsp3) is 0.500. The van der Waals surface area contributed by atoms with Gasteiger partial charge >= 0.3 is 0 Å². The molecule has 8 heteroatoms. The first-order valence-corrected chi connectivity index (χ1v) is 12.9. The van der Waals surface area contributed by atoms with Crippen LogP contribution in [0.15, 0.2) is 36.4 Å². The summed E-state index contributed by atoms with van der Waals surface area (Å²) in [4.78, 5) is 17.2. The predicted molar refractivity (Wildman–Crippen MR) is 145 cm³/mol. The minimum absolute atomic E-state index is 0.366. The number of likely N-dealkylation sites (tertiary alicyclic amines) is 1. The fourth-order valence-electron chi connectivity index (χ4n) is 5.08. The Bertz CT molecular complexity index is 1170.